The Balaban J connectivity index is 1.64. The Bertz CT molecular complexity index is 631. The third kappa shape index (κ3) is 5.95. The SMILES string of the molecule is CC(C)(C)c1ccc(OCCNC(=O)NCc2ccccc2)cc1. The fraction of sp³-hybridized carbons (Fsp3) is 0.350. The minimum Gasteiger partial charge on any atom is -0.492 e. The second-order valence-electron chi connectivity index (χ2n) is 6.72. The minimum absolute atomic E-state index is 0.136. The molecule has 0 spiro atoms. The van der Waals surface area contributed by atoms with E-state index in [9.17, 15) is 4.79 Å². The number of carbonyl (C=O) groups is 1. The number of amides is 2. The summed E-state index contributed by atoms with van der Waals surface area (Å²) in [6.45, 7) is 7.96. The van der Waals surface area contributed by atoms with Gasteiger partial charge >= 0.3 is 6.03 Å². The maximum atomic E-state index is 11.7. The van der Waals surface area contributed by atoms with Gasteiger partial charge in [0.2, 0.25) is 0 Å². The molecule has 2 aromatic carbocycles. The standard InChI is InChI=1S/C20H26N2O2/c1-20(2,3)17-9-11-18(12-10-17)24-14-13-21-19(23)22-15-16-7-5-4-6-8-16/h4-12H,13-15H2,1-3H3,(H2,21,22,23). The van der Waals surface area contributed by atoms with Crippen LogP contribution in [-0.4, -0.2) is 19.2 Å². The molecule has 128 valence electrons. The van der Waals surface area contributed by atoms with Crippen LogP contribution in [0.25, 0.3) is 0 Å². The lowest BCUT2D eigenvalue weighted by molar-refractivity contribution is 0.236. The van der Waals surface area contributed by atoms with Crippen LogP contribution < -0.4 is 15.4 Å². The summed E-state index contributed by atoms with van der Waals surface area (Å²) in [7, 11) is 0. The van der Waals surface area contributed by atoms with Gasteiger partial charge in [-0.1, -0.05) is 63.2 Å². The van der Waals surface area contributed by atoms with Gasteiger partial charge < -0.3 is 15.4 Å². The van der Waals surface area contributed by atoms with E-state index in [4.69, 9.17) is 4.74 Å². The van der Waals surface area contributed by atoms with Crippen molar-refractivity contribution in [2.45, 2.75) is 32.7 Å². The van der Waals surface area contributed by atoms with Gasteiger partial charge in [-0.25, -0.2) is 4.79 Å². The molecule has 24 heavy (non-hydrogen) atoms. The number of urea groups is 1. The topological polar surface area (TPSA) is 50.4 Å². The van der Waals surface area contributed by atoms with E-state index < -0.39 is 0 Å². The van der Waals surface area contributed by atoms with Gasteiger partial charge in [0.15, 0.2) is 0 Å². The molecule has 0 saturated heterocycles. The van der Waals surface area contributed by atoms with E-state index >= 15 is 0 Å². The Morgan fingerprint density at radius 2 is 1.62 bits per heavy atom. The third-order valence-electron chi connectivity index (χ3n) is 3.67. The first-order chi connectivity index (χ1) is 11.4. The van der Waals surface area contributed by atoms with Crippen LogP contribution in [0, 0.1) is 0 Å². The van der Waals surface area contributed by atoms with Gasteiger partial charge in [0, 0.05) is 6.54 Å². The van der Waals surface area contributed by atoms with Crippen molar-refractivity contribution in [3.05, 3.63) is 65.7 Å². The monoisotopic (exact) mass is 326 g/mol. The van der Waals surface area contributed by atoms with Crippen LogP contribution in [0.3, 0.4) is 0 Å². The zero-order valence-corrected chi connectivity index (χ0v) is 14.6. The highest BCUT2D eigenvalue weighted by molar-refractivity contribution is 5.73. The summed E-state index contributed by atoms with van der Waals surface area (Å²) >= 11 is 0. The molecule has 0 aliphatic rings. The summed E-state index contributed by atoms with van der Waals surface area (Å²) in [4.78, 5) is 11.7. The molecule has 2 N–H and O–H groups in total. The lowest BCUT2D eigenvalue weighted by Crippen LogP contribution is -2.37. The van der Waals surface area contributed by atoms with Crippen LogP contribution in [-0.2, 0) is 12.0 Å². The number of hydrogen-bond acceptors (Lipinski definition) is 2. The number of ether oxygens (including phenoxy) is 1. The molecule has 0 saturated carbocycles. The van der Waals surface area contributed by atoms with Gasteiger partial charge in [-0.15, -0.1) is 0 Å². The van der Waals surface area contributed by atoms with E-state index in [1.54, 1.807) is 0 Å². The smallest absolute Gasteiger partial charge is 0.315 e. The summed E-state index contributed by atoms with van der Waals surface area (Å²) in [6, 6.07) is 17.7. The van der Waals surface area contributed by atoms with E-state index in [0.29, 0.717) is 19.7 Å². The predicted molar refractivity (Wildman–Crippen MR) is 97.3 cm³/mol. The van der Waals surface area contributed by atoms with Gasteiger partial charge in [0.05, 0.1) is 6.54 Å². The minimum atomic E-state index is -0.189. The molecule has 0 bridgehead atoms. The van der Waals surface area contributed by atoms with Crippen molar-refractivity contribution in [1.82, 2.24) is 10.6 Å². The second kappa shape index (κ2) is 8.39. The molecule has 0 atom stereocenters. The van der Waals surface area contributed by atoms with Crippen molar-refractivity contribution in [2.75, 3.05) is 13.2 Å². The van der Waals surface area contributed by atoms with Crippen molar-refractivity contribution in [1.29, 1.82) is 0 Å². The lowest BCUT2D eigenvalue weighted by atomic mass is 9.87. The Hall–Kier alpha value is -2.49. The fourth-order valence-corrected chi connectivity index (χ4v) is 2.23. The first-order valence-corrected chi connectivity index (χ1v) is 8.24. The van der Waals surface area contributed by atoms with Gasteiger partial charge in [0.25, 0.3) is 0 Å². The highest BCUT2D eigenvalue weighted by atomic mass is 16.5. The zero-order chi connectivity index (χ0) is 17.4. The molecule has 0 heterocycles. The van der Waals surface area contributed by atoms with E-state index in [-0.39, 0.29) is 11.4 Å². The van der Waals surface area contributed by atoms with Crippen molar-refractivity contribution in [3.8, 4) is 5.75 Å². The second-order valence-corrected chi connectivity index (χ2v) is 6.72. The highest BCUT2D eigenvalue weighted by Crippen LogP contribution is 2.24. The van der Waals surface area contributed by atoms with Crippen molar-refractivity contribution >= 4 is 6.03 Å². The molecule has 0 aromatic heterocycles. The molecule has 2 aromatic rings. The van der Waals surface area contributed by atoms with Crippen molar-refractivity contribution in [2.24, 2.45) is 0 Å². The average Bonchev–Trinajstić information content (AvgIpc) is 2.57. The summed E-state index contributed by atoms with van der Waals surface area (Å²) in [5.74, 6) is 0.814. The van der Waals surface area contributed by atoms with Crippen LogP contribution >= 0.6 is 0 Å². The van der Waals surface area contributed by atoms with Gasteiger partial charge in [-0.3, -0.25) is 0 Å². The fourth-order valence-electron chi connectivity index (χ4n) is 2.23. The van der Waals surface area contributed by atoms with E-state index in [0.717, 1.165) is 11.3 Å². The lowest BCUT2D eigenvalue weighted by Gasteiger charge is -2.19. The molecular formula is C20H26N2O2. The van der Waals surface area contributed by atoms with E-state index in [1.165, 1.54) is 5.56 Å². The highest BCUT2D eigenvalue weighted by Gasteiger charge is 2.12. The summed E-state index contributed by atoms with van der Waals surface area (Å²) in [6.07, 6.45) is 0. The van der Waals surface area contributed by atoms with Crippen LogP contribution in [0.5, 0.6) is 5.75 Å². The van der Waals surface area contributed by atoms with Gasteiger partial charge in [0.1, 0.15) is 12.4 Å². The number of hydrogen-bond donors (Lipinski definition) is 2. The Morgan fingerprint density at radius 1 is 0.958 bits per heavy atom. The Morgan fingerprint density at radius 3 is 2.25 bits per heavy atom. The molecule has 0 radical (unpaired) electrons. The first-order valence-electron chi connectivity index (χ1n) is 8.24. The summed E-state index contributed by atoms with van der Waals surface area (Å²) < 4.78 is 5.64. The normalized spacial score (nSPS) is 11.0. The molecule has 0 aliphatic carbocycles. The largest absolute Gasteiger partial charge is 0.492 e. The Kier molecular flexibility index (Phi) is 6.24. The zero-order valence-electron chi connectivity index (χ0n) is 14.6. The molecule has 0 unspecified atom stereocenters. The van der Waals surface area contributed by atoms with Gasteiger partial charge in [-0.05, 0) is 28.7 Å². The molecule has 0 aliphatic heterocycles. The molecular weight excluding hydrogens is 300 g/mol. The number of nitrogens with one attached hydrogen (secondary N) is 2. The maximum Gasteiger partial charge on any atom is 0.315 e. The number of carbonyl (C=O) groups excluding carboxylic acids is 1. The summed E-state index contributed by atoms with van der Waals surface area (Å²) in [5.41, 5.74) is 2.48. The number of rotatable bonds is 6. The first kappa shape index (κ1) is 17.9. The van der Waals surface area contributed by atoms with E-state index in [1.807, 2.05) is 42.5 Å². The Labute approximate surface area is 144 Å². The van der Waals surface area contributed by atoms with E-state index in [2.05, 4.69) is 43.5 Å². The maximum absolute atomic E-state index is 11.7. The van der Waals surface area contributed by atoms with Crippen molar-refractivity contribution in [3.63, 3.8) is 0 Å². The predicted octanol–water partition coefficient (Wildman–Crippen LogP) is 3.86. The van der Waals surface area contributed by atoms with Crippen LogP contribution in [0.1, 0.15) is 31.9 Å². The van der Waals surface area contributed by atoms with Crippen molar-refractivity contribution < 1.29 is 9.53 Å². The molecule has 4 nitrogen and oxygen atoms in total. The summed E-state index contributed by atoms with van der Waals surface area (Å²) in [5, 5.41) is 5.60. The molecule has 2 amide bonds. The molecule has 4 heteroatoms. The van der Waals surface area contributed by atoms with Crippen LogP contribution in [0.2, 0.25) is 0 Å². The van der Waals surface area contributed by atoms with Gasteiger partial charge in [-0.2, -0.15) is 0 Å². The molecule has 0 fully saturated rings. The third-order valence-corrected chi connectivity index (χ3v) is 3.67. The number of benzene rings is 2. The quantitative estimate of drug-likeness (QED) is 0.792. The van der Waals surface area contributed by atoms with Crippen LogP contribution in [0.4, 0.5) is 4.79 Å². The average molecular weight is 326 g/mol. The van der Waals surface area contributed by atoms with Crippen LogP contribution in [0.15, 0.2) is 54.6 Å². The molecule has 2 rings (SSSR count).